The van der Waals surface area contributed by atoms with E-state index in [1.807, 2.05) is 0 Å². The molecule has 9 nitrogen and oxygen atoms in total. The molecule has 0 radical (unpaired) electrons. The average molecular weight is 694 g/mol. The number of hydrogen-bond donors (Lipinski definition) is 0. The first kappa shape index (κ1) is 33.0. The van der Waals surface area contributed by atoms with E-state index in [9.17, 15) is 18.0 Å². The highest BCUT2D eigenvalue weighted by atomic mass is 35.5. The van der Waals surface area contributed by atoms with Gasteiger partial charge in [-0.05, 0) is 36.6 Å². The third-order valence-electron chi connectivity index (χ3n) is 10.0. The molecule has 14 heteroatoms. The van der Waals surface area contributed by atoms with E-state index in [2.05, 4.69) is 31.3 Å². The summed E-state index contributed by atoms with van der Waals surface area (Å²) in [6.07, 6.45) is 4.41. The Bertz CT molecular complexity index is 2010. The number of halogens is 5. The van der Waals surface area contributed by atoms with Gasteiger partial charge in [-0.1, -0.05) is 42.4 Å². The van der Waals surface area contributed by atoms with Crippen LogP contribution < -0.4 is 9.64 Å². The van der Waals surface area contributed by atoms with Crippen LogP contribution in [-0.2, 0) is 4.79 Å². The Morgan fingerprint density at radius 1 is 1.16 bits per heavy atom. The maximum atomic E-state index is 16.8. The molecule has 4 atom stereocenters. The van der Waals surface area contributed by atoms with Gasteiger partial charge in [-0.15, -0.1) is 0 Å². The van der Waals surface area contributed by atoms with Gasteiger partial charge in [0.1, 0.15) is 42.2 Å². The van der Waals surface area contributed by atoms with Crippen molar-refractivity contribution in [2.45, 2.75) is 37.4 Å². The van der Waals surface area contributed by atoms with Gasteiger partial charge >= 0.3 is 6.01 Å². The SMILES string of the molecule is [C-]#[N+]C[C@H]1CN(c2nc(OC[C@H]3[C@@H]4CC[C@@H](C4)N3CCF)nc3c(F)c(-c4cccc5ccc(F)c(Cl)c45)ncc23)CCN1C(=O)C(=C)F. The van der Waals surface area contributed by atoms with E-state index in [1.165, 1.54) is 17.2 Å². The minimum absolute atomic E-state index is 0.0470. The second-order valence-corrected chi connectivity index (χ2v) is 13.0. The molecule has 4 aromatic rings. The van der Waals surface area contributed by atoms with Crippen LogP contribution in [0.2, 0.25) is 5.02 Å². The van der Waals surface area contributed by atoms with Crippen molar-refractivity contribution in [2.24, 2.45) is 5.92 Å². The van der Waals surface area contributed by atoms with Gasteiger partial charge in [-0.25, -0.2) is 24.1 Å². The number of alkyl halides is 1. The number of benzene rings is 2. The van der Waals surface area contributed by atoms with Crippen molar-refractivity contribution in [1.29, 1.82) is 0 Å². The lowest BCUT2D eigenvalue weighted by atomic mass is 9.99. The molecular weight excluding hydrogens is 662 g/mol. The monoisotopic (exact) mass is 693 g/mol. The topological polar surface area (TPSA) is 79.1 Å². The third kappa shape index (κ3) is 5.91. The van der Waals surface area contributed by atoms with E-state index in [4.69, 9.17) is 22.9 Å². The fourth-order valence-electron chi connectivity index (χ4n) is 7.78. The number of nitrogens with zero attached hydrogens (tertiary/aromatic N) is 7. The maximum Gasteiger partial charge on any atom is 0.319 e. The Kier molecular flexibility index (Phi) is 9.02. The standard InChI is InChI=1S/C35H32ClF4N7O2/c1-19(38)34(48)47-13-12-45(17-23(47)15-41-2)33-25-16-42-31(24-5-3-4-20-7-9-26(39)29(36)28(20)24)30(40)32(25)43-35(44-33)49-18-27-21-6-8-22(14-21)46(27)11-10-37/h3-5,7,9,16,21-23,27H,1,6,8,10-15,17-18H2/t21-,22+,23+,27+/m1/s1. The van der Waals surface area contributed by atoms with E-state index in [1.54, 1.807) is 29.2 Å². The van der Waals surface area contributed by atoms with Crippen LogP contribution >= 0.6 is 11.6 Å². The second kappa shape index (κ2) is 13.4. The first-order valence-corrected chi connectivity index (χ1v) is 16.5. The number of anilines is 1. The van der Waals surface area contributed by atoms with Gasteiger partial charge in [0.2, 0.25) is 6.54 Å². The normalized spacial score (nSPS) is 22.2. The third-order valence-corrected chi connectivity index (χ3v) is 10.4. The minimum Gasteiger partial charge on any atom is -0.462 e. The Hall–Kier alpha value is -4.54. The van der Waals surface area contributed by atoms with E-state index >= 15 is 4.39 Å². The predicted molar refractivity (Wildman–Crippen MR) is 178 cm³/mol. The molecule has 3 fully saturated rings. The summed E-state index contributed by atoms with van der Waals surface area (Å²) < 4.78 is 64.9. The zero-order valence-electron chi connectivity index (χ0n) is 26.4. The number of fused-ring (bicyclic) bond motifs is 4. The number of likely N-dealkylation sites (tertiary alicyclic amines) is 1. The number of rotatable bonds is 9. The number of carbonyl (C=O) groups is 1. The molecule has 2 aromatic carbocycles. The zero-order valence-corrected chi connectivity index (χ0v) is 27.1. The molecule has 254 valence electrons. The first-order valence-electron chi connectivity index (χ1n) is 16.1. The molecule has 0 unspecified atom stereocenters. The van der Waals surface area contributed by atoms with Gasteiger partial charge in [0.05, 0.1) is 10.4 Å². The van der Waals surface area contributed by atoms with Gasteiger partial charge in [-0.2, -0.15) is 9.97 Å². The Morgan fingerprint density at radius 3 is 2.78 bits per heavy atom. The lowest BCUT2D eigenvalue weighted by Crippen LogP contribution is -2.56. The molecule has 0 spiro atoms. The van der Waals surface area contributed by atoms with Crippen LogP contribution in [0.15, 0.2) is 48.9 Å². The second-order valence-electron chi connectivity index (χ2n) is 12.7. The summed E-state index contributed by atoms with van der Waals surface area (Å²) in [5, 5.41) is 0.957. The summed E-state index contributed by atoms with van der Waals surface area (Å²) in [6, 6.07) is 7.26. The summed E-state index contributed by atoms with van der Waals surface area (Å²) in [7, 11) is 0. The van der Waals surface area contributed by atoms with Crippen LogP contribution in [0, 0.1) is 24.1 Å². The summed E-state index contributed by atoms with van der Waals surface area (Å²) in [6.45, 7) is 10.8. The molecule has 1 saturated carbocycles. The van der Waals surface area contributed by atoms with Crippen LogP contribution in [0.5, 0.6) is 6.01 Å². The van der Waals surface area contributed by atoms with Crippen LogP contribution in [0.3, 0.4) is 0 Å². The van der Waals surface area contributed by atoms with Crippen LogP contribution in [0.4, 0.5) is 23.4 Å². The highest BCUT2D eigenvalue weighted by Crippen LogP contribution is 2.43. The Balaban J connectivity index is 1.32. The average Bonchev–Trinajstić information content (AvgIpc) is 3.71. The van der Waals surface area contributed by atoms with Crippen LogP contribution in [0.1, 0.15) is 19.3 Å². The Morgan fingerprint density at radius 2 is 2.00 bits per heavy atom. The zero-order chi connectivity index (χ0) is 34.4. The smallest absolute Gasteiger partial charge is 0.319 e. The molecule has 1 aliphatic carbocycles. The number of aromatic nitrogens is 3. The fourth-order valence-corrected chi connectivity index (χ4v) is 8.05. The van der Waals surface area contributed by atoms with Gasteiger partial charge in [-0.3, -0.25) is 14.7 Å². The number of hydrogen-bond acceptors (Lipinski definition) is 7. The quantitative estimate of drug-likeness (QED) is 0.114. The van der Waals surface area contributed by atoms with Crippen molar-refractivity contribution < 1.29 is 27.1 Å². The van der Waals surface area contributed by atoms with Gasteiger partial charge < -0.3 is 19.4 Å². The number of piperazine rings is 1. The van der Waals surface area contributed by atoms with Crippen molar-refractivity contribution in [1.82, 2.24) is 24.8 Å². The first-order chi connectivity index (χ1) is 23.7. The van der Waals surface area contributed by atoms with Crippen molar-refractivity contribution in [2.75, 3.05) is 50.9 Å². The molecule has 0 N–H and O–H groups in total. The summed E-state index contributed by atoms with van der Waals surface area (Å²) >= 11 is 6.38. The molecule has 7 rings (SSSR count). The molecule has 49 heavy (non-hydrogen) atoms. The molecule has 1 amide bonds. The lowest BCUT2D eigenvalue weighted by Gasteiger charge is -2.39. The van der Waals surface area contributed by atoms with Gasteiger partial charge in [0, 0.05) is 55.4 Å². The number of pyridine rings is 1. The number of piperidine rings is 1. The van der Waals surface area contributed by atoms with Crippen molar-refractivity contribution in [3.63, 3.8) is 0 Å². The molecule has 4 heterocycles. The van der Waals surface area contributed by atoms with Crippen LogP contribution in [0.25, 0.3) is 37.8 Å². The summed E-state index contributed by atoms with van der Waals surface area (Å²) in [5.41, 5.74) is 0.0511. The highest BCUT2D eigenvalue weighted by molar-refractivity contribution is 6.36. The molecule has 2 aliphatic heterocycles. The van der Waals surface area contributed by atoms with E-state index in [-0.39, 0.29) is 77.8 Å². The van der Waals surface area contributed by atoms with E-state index in [0.29, 0.717) is 29.3 Å². The largest absolute Gasteiger partial charge is 0.462 e. The maximum absolute atomic E-state index is 16.8. The number of ether oxygens (including phenoxy) is 1. The molecule has 2 bridgehead atoms. The van der Waals surface area contributed by atoms with Crippen molar-refractivity contribution >= 4 is 45.0 Å². The van der Waals surface area contributed by atoms with Gasteiger partial charge in [0.25, 0.3) is 5.91 Å². The lowest BCUT2D eigenvalue weighted by molar-refractivity contribution is -0.131. The van der Waals surface area contributed by atoms with Crippen molar-refractivity contribution in [3.05, 3.63) is 77.0 Å². The molecule has 3 aliphatic rings. The predicted octanol–water partition coefficient (Wildman–Crippen LogP) is 6.40. The molecule has 2 aromatic heterocycles. The van der Waals surface area contributed by atoms with Crippen LogP contribution in [-0.4, -0.2) is 94.8 Å². The minimum atomic E-state index is -1.12. The fraction of sp³-hybridized carbons (Fsp3) is 0.400. The number of amides is 1. The number of carbonyl (C=O) groups excluding carboxylic acids is 1. The summed E-state index contributed by atoms with van der Waals surface area (Å²) in [5.74, 6) is -2.88. The van der Waals surface area contributed by atoms with Gasteiger partial charge in [0.15, 0.2) is 11.6 Å². The van der Waals surface area contributed by atoms with E-state index < -0.39 is 36.1 Å². The molecule has 2 saturated heterocycles. The molecular formula is C35H32ClF4N7O2. The van der Waals surface area contributed by atoms with E-state index in [0.717, 1.165) is 19.3 Å². The van der Waals surface area contributed by atoms with Crippen molar-refractivity contribution in [3.8, 4) is 17.3 Å². The highest BCUT2D eigenvalue weighted by Gasteiger charge is 2.46. The Labute approximate surface area is 284 Å². The summed E-state index contributed by atoms with van der Waals surface area (Å²) in [4.78, 5) is 34.8.